The second-order valence-electron chi connectivity index (χ2n) is 6.53. The van der Waals surface area contributed by atoms with Crippen LogP contribution in [0.5, 0.6) is 0 Å². The van der Waals surface area contributed by atoms with Crippen LogP contribution in [0.25, 0.3) is 10.1 Å². The second-order valence-corrected chi connectivity index (χ2v) is 7.45. The molecular weight excluding hydrogens is 250 g/mol. The molecule has 2 rings (SSSR count). The Morgan fingerprint density at radius 1 is 1.21 bits per heavy atom. The summed E-state index contributed by atoms with van der Waals surface area (Å²) >= 11 is 1.85. The van der Waals surface area contributed by atoms with Crippen molar-refractivity contribution in [3.8, 4) is 0 Å². The van der Waals surface area contributed by atoms with Gasteiger partial charge < -0.3 is 5.32 Å². The van der Waals surface area contributed by atoms with Gasteiger partial charge in [0.25, 0.3) is 0 Å². The lowest BCUT2D eigenvalue weighted by molar-refractivity contribution is 0.226. The Hall–Kier alpha value is -0.860. The average Bonchev–Trinajstić information content (AvgIpc) is 2.82. The molecule has 2 unspecified atom stereocenters. The van der Waals surface area contributed by atoms with Gasteiger partial charge in [-0.1, -0.05) is 45.9 Å². The van der Waals surface area contributed by atoms with Crippen molar-refractivity contribution < 1.29 is 0 Å². The van der Waals surface area contributed by atoms with E-state index in [1.165, 1.54) is 22.1 Å². The molecule has 0 amide bonds. The van der Waals surface area contributed by atoms with Crippen molar-refractivity contribution in [3.05, 3.63) is 35.2 Å². The monoisotopic (exact) mass is 275 g/mol. The molecule has 0 saturated heterocycles. The van der Waals surface area contributed by atoms with Crippen molar-refractivity contribution in [2.24, 2.45) is 11.3 Å². The average molecular weight is 275 g/mol. The molecule has 2 atom stereocenters. The van der Waals surface area contributed by atoms with E-state index >= 15 is 0 Å². The lowest BCUT2D eigenvalue weighted by Gasteiger charge is -2.31. The zero-order valence-electron chi connectivity index (χ0n) is 12.7. The van der Waals surface area contributed by atoms with Crippen LogP contribution in [0.1, 0.15) is 45.7 Å². The van der Waals surface area contributed by atoms with Crippen LogP contribution in [0, 0.1) is 11.3 Å². The van der Waals surface area contributed by atoms with Crippen LogP contribution < -0.4 is 5.32 Å². The highest BCUT2D eigenvalue weighted by molar-refractivity contribution is 7.17. The molecule has 0 aliphatic rings. The topological polar surface area (TPSA) is 12.0 Å². The molecular formula is C17H25NS. The number of hydrogen-bond donors (Lipinski definition) is 1. The summed E-state index contributed by atoms with van der Waals surface area (Å²) in [5.41, 5.74) is 1.81. The summed E-state index contributed by atoms with van der Waals surface area (Å²) in [6, 6.07) is 9.31. The predicted molar refractivity (Wildman–Crippen MR) is 86.9 cm³/mol. The van der Waals surface area contributed by atoms with Gasteiger partial charge in [-0.25, -0.2) is 0 Å². The third-order valence-electron chi connectivity index (χ3n) is 4.30. The lowest BCUT2D eigenvalue weighted by atomic mass is 9.77. The predicted octanol–water partition coefficient (Wildman–Crippen LogP) is 5.23. The van der Waals surface area contributed by atoms with Crippen molar-refractivity contribution in [1.29, 1.82) is 0 Å². The molecule has 0 bridgehead atoms. The largest absolute Gasteiger partial charge is 0.313 e. The van der Waals surface area contributed by atoms with Gasteiger partial charge in [-0.15, -0.1) is 11.3 Å². The summed E-state index contributed by atoms with van der Waals surface area (Å²) < 4.78 is 1.43. The van der Waals surface area contributed by atoms with Gasteiger partial charge in [0.15, 0.2) is 0 Å². The summed E-state index contributed by atoms with van der Waals surface area (Å²) in [6.45, 7) is 9.35. The summed E-state index contributed by atoms with van der Waals surface area (Å²) in [7, 11) is 2.08. The molecule has 0 saturated carbocycles. The van der Waals surface area contributed by atoms with E-state index in [1.54, 1.807) is 0 Å². The third-order valence-corrected chi connectivity index (χ3v) is 5.28. The first kappa shape index (κ1) is 14.5. The number of rotatable bonds is 4. The highest BCUT2D eigenvalue weighted by Crippen LogP contribution is 2.36. The maximum atomic E-state index is 3.51. The SMILES string of the molecule is CNC(CC(C)C(C)(C)C)c1cccc2ccsc12. The van der Waals surface area contributed by atoms with Crippen LogP contribution in [0.3, 0.4) is 0 Å². The van der Waals surface area contributed by atoms with Gasteiger partial charge >= 0.3 is 0 Å². The third kappa shape index (κ3) is 3.18. The Morgan fingerprint density at radius 2 is 1.95 bits per heavy atom. The van der Waals surface area contributed by atoms with Gasteiger partial charge in [0.1, 0.15) is 0 Å². The Kier molecular flexibility index (Phi) is 4.32. The van der Waals surface area contributed by atoms with E-state index in [9.17, 15) is 0 Å². The molecule has 0 aliphatic heterocycles. The van der Waals surface area contributed by atoms with Crippen LogP contribution in [0.15, 0.2) is 29.6 Å². The Morgan fingerprint density at radius 3 is 2.58 bits per heavy atom. The van der Waals surface area contributed by atoms with E-state index in [4.69, 9.17) is 0 Å². The van der Waals surface area contributed by atoms with Gasteiger partial charge in [-0.3, -0.25) is 0 Å². The number of thiophene rings is 1. The molecule has 0 radical (unpaired) electrons. The highest BCUT2D eigenvalue weighted by Gasteiger charge is 2.24. The summed E-state index contributed by atoms with van der Waals surface area (Å²) in [5.74, 6) is 0.681. The van der Waals surface area contributed by atoms with Crippen molar-refractivity contribution in [3.63, 3.8) is 0 Å². The van der Waals surface area contributed by atoms with Gasteiger partial charge in [0.2, 0.25) is 0 Å². The highest BCUT2D eigenvalue weighted by atomic mass is 32.1. The molecule has 1 aromatic heterocycles. The zero-order valence-corrected chi connectivity index (χ0v) is 13.5. The van der Waals surface area contributed by atoms with E-state index in [0.717, 1.165) is 0 Å². The Bertz CT molecular complexity index is 535. The summed E-state index contributed by atoms with van der Waals surface area (Å²) in [6.07, 6.45) is 1.18. The summed E-state index contributed by atoms with van der Waals surface area (Å²) in [4.78, 5) is 0. The quantitative estimate of drug-likeness (QED) is 0.805. The van der Waals surface area contributed by atoms with Crippen LogP contribution in [0.2, 0.25) is 0 Å². The Balaban J connectivity index is 2.29. The fourth-order valence-corrected chi connectivity index (χ4v) is 3.37. The number of hydrogen-bond acceptors (Lipinski definition) is 2. The lowest BCUT2D eigenvalue weighted by Crippen LogP contribution is -2.25. The number of benzene rings is 1. The molecule has 19 heavy (non-hydrogen) atoms. The normalized spacial score (nSPS) is 15.6. The first-order valence-corrected chi connectivity index (χ1v) is 7.95. The van der Waals surface area contributed by atoms with Crippen molar-refractivity contribution in [2.45, 2.75) is 40.2 Å². The molecule has 1 heterocycles. The van der Waals surface area contributed by atoms with Crippen molar-refractivity contribution in [2.75, 3.05) is 7.05 Å². The van der Waals surface area contributed by atoms with Gasteiger partial charge in [-0.05, 0) is 47.2 Å². The smallest absolute Gasteiger partial charge is 0.0390 e. The van der Waals surface area contributed by atoms with E-state index in [1.807, 2.05) is 11.3 Å². The summed E-state index contributed by atoms with van der Waals surface area (Å²) in [5, 5.41) is 7.07. The minimum Gasteiger partial charge on any atom is -0.313 e. The fraction of sp³-hybridized carbons (Fsp3) is 0.529. The number of fused-ring (bicyclic) bond motifs is 1. The molecule has 1 nitrogen and oxygen atoms in total. The standard InChI is InChI=1S/C17H25NS/c1-12(17(2,3)4)11-15(18-5)14-8-6-7-13-9-10-19-16(13)14/h6-10,12,15,18H,11H2,1-5H3. The molecule has 0 spiro atoms. The van der Waals surface area contributed by atoms with E-state index in [0.29, 0.717) is 17.4 Å². The number of nitrogens with one attached hydrogen (secondary N) is 1. The maximum absolute atomic E-state index is 3.51. The van der Waals surface area contributed by atoms with Crippen LogP contribution in [-0.2, 0) is 0 Å². The van der Waals surface area contributed by atoms with E-state index < -0.39 is 0 Å². The minimum atomic E-state index is 0.360. The van der Waals surface area contributed by atoms with Crippen molar-refractivity contribution >= 4 is 21.4 Å². The molecule has 1 N–H and O–H groups in total. The maximum Gasteiger partial charge on any atom is 0.0390 e. The van der Waals surface area contributed by atoms with Gasteiger partial charge in [0, 0.05) is 10.7 Å². The molecule has 0 aliphatic carbocycles. The van der Waals surface area contributed by atoms with E-state index in [2.05, 4.69) is 69.7 Å². The van der Waals surface area contributed by atoms with Gasteiger partial charge in [0.05, 0.1) is 0 Å². The van der Waals surface area contributed by atoms with Gasteiger partial charge in [-0.2, -0.15) is 0 Å². The van der Waals surface area contributed by atoms with Crippen molar-refractivity contribution in [1.82, 2.24) is 5.32 Å². The first-order chi connectivity index (χ1) is 8.93. The van der Waals surface area contributed by atoms with Crippen LogP contribution in [0.4, 0.5) is 0 Å². The second kappa shape index (κ2) is 5.64. The van der Waals surface area contributed by atoms with E-state index in [-0.39, 0.29) is 0 Å². The van der Waals surface area contributed by atoms with Crippen LogP contribution >= 0.6 is 11.3 Å². The molecule has 1 aromatic carbocycles. The Labute approximate surface area is 121 Å². The minimum absolute atomic E-state index is 0.360. The fourth-order valence-electron chi connectivity index (χ4n) is 2.40. The zero-order chi connectivity index (χ0) is 14.0. The molecule has 2 aromatic rings. The molecule has 0 fully saturated rings. The van der Waals surface area contributed by atoms with Crippen LogP contribution in [-0.4, -0.2) is 7.05 Å². The molecule has 104 valence electrons. The first-order valence-electron chi connectivity index (χ1n) is 7.07. The molecule has 2 heteroatoms.